The highest BCUT2D eigenvalue weighted by molar-refractivity contribution is 5.97. The van der Waals surface area contributed by atoms with Gasteiger partial charge < -0.3 is 10.0 Å². The van der Waals surface area contributed by atoms with E-state index in [1.165, 1.54) is 4.90 Å². The summed E-state index contributed by atoms with van der Waals surface area (Å²) in [5, 5.41) is 19.5. The quantitative estimate of drug-likeness (QED) is 0.883. The van der Waals surface area contributed by atoms with E-state index in [2.05, 4.69) is 11.1 Å². The molecule has 0 fully saturated rings. The maximum atomic E-state index is 10.7. The van der Waals surface area contributed by atoms with Gasteiger partial charge in [0.25, 0.3) is 0 Å². The lowest BCUT2D eigenvalue weighted by atomic mass is 10.1. The first-order valence-electron chi connectivity index (χ1n) is 5.34. The van der Waals surface area contributed by atoms with Crippen LogP contribution in [-0.2, 0) is 4.79 Å². The highest BCUT2D eigenvalue weighted by atomic mass is 16.4. The number of hydrogen-bond donors (Lipinski definition) is 1. The van der Waals surface area contributed by atoms with E-state index >= 15 is 0 Å². The number of pyridine rings is 1. The summed E-state index contributed by atoms with van der Waals surface area (Å²) in [4.78, 5) is 16.4. The number of rotatable bonds is 3. The second kappa shape index (κ2) is 4.72. The van der Waals surface area contributed by atoms with Gasteiger partial charge in [0.1, 0.15) is 12.4 Å². The Hall–Kier alpha value is -2.61. The monoisotopic (exact) mass is 241 g/mol. The third-order valence-electron chi connectivity index (χ3n) is 2.63. The van der Waals surface area contributed by atoms with Gasteiger partial charge in [-0.3, -0.25) is 4.79 Å². The van der Waals surface area contributed by atoms with Crippen molar-refractivity contribution in [3.63, 3.8) is 0 Å². The number of nitrogens with zero attached hydrogens (tertiary/aromatic N) is 3. The molecule has 1 aromatic carbocycles. The lowest BCUT2D eigenvalue weighted by Gasteiger charge is -2.18. The molecule has 2 aromatic rings. The first-order chi connectivity index (χ1) is 8.63. The van der Waals surface area contributed by atoms with Crippen LogP contribution in [0.2, 0.25) is 0 Å². The Kier molecular flexibility index (Phi) is 3.11. The lowest BCUT2D eigenvalue weighted by Crippen LogP contribution is -2.26. The van der Waals surface area contributed by atoms with E-state index in [-0.39, 0.29) is 6.54 Å². The van der Waals surface area contributed by atoms with Crippen LogP contribution in [0.25, 0.3) is 10.8 Å². The van der Waals surface area contributed by atoms with Gasteiger partial charge in [-0.2, -0.15) is 5.26 Å². The maximum absolute atomic E-state index is 10.7. The summed E-state index contributed by atoms with van der Waals surface area (Å²) in [5.41, 5.74) is 0.493. The van der Waals surface area contributed by atoms with Crippen molar-refractivity contribution in [2.75, 3.05) is 18.5 Å². The molecule has 0 amide bonds. The molecule has 1 heterocycles. The summed E-state index contributed by atoms with van der Waals surface area (Å²) in [6.45, 7) is -0.161. The first kappa shape index (κ1) is 11.9. The maximum Gasteiger partial charge on any atom is 0.323 e. The molecular weight excluding hydrogens is 230 g/mol. The minimum absolute atomic E-state index is 0.161. The van der Waals surface area contributed by atoms with Crippen LogP contribution in [0.1, 0.15) is 5.56 Å². The van der Waals surface area contributed by atoms with E-state index in [1.54, 1.807) is 31.4 Å². The second-order valence-electron chi connectivity index (χ2n) is 3.90. The van der Waals surface area contributed by atoms with Crippen molar-refractivity contribution in [1.29, 1.82) is 5.26 Å². The molecule has 0 radical (unpaired) electrons. The molecule has 0 atom stereocenters. The molecule has 0 saturated carbocycles. The third kappa shape index (κ3) is 2.09. The molecule has 18 heavy (non-hydrogen) atoms. The molecule has 0 aliphatic carbocycles. The predicted molar refractivity (Wildman–Crippen MR) is 67.4 cm³/mol. The molecule has 0 bridgehead atoms. The largest absolute Gasteiger partial charge is 0.480 e. The van der Waals surface area contributed by atoms with Crippen LogP contribution in [0.5, 0.6) is 0 Å². The van der Waals surface area contributed by atoms with E-state index in [4.69, 9.17) is 10.4 Å². The number of nitriles is 1. The number of fused-ring (bicyclic) bond motifs is 1. The standard InChI is InChI=1S/C13H11N3O2/c1-16(8-11(17)18)13-12-9(5-6-15-13)3-2-4-10(12)7-14/h2-6H,8H2,1H3,(H,17,18). The highest BCUT2D eigenvalue weighted by Gasteiger charge is 2.13. The van der Waals surface area contributed by atoms with Gasteiger partial charge in [-0.25, -0.2) is 4.98 Å². The van der Waals surface area contributed by atoms with Crippen LogP contribution in [-0.4, -0.2) is 29.7 Å². The van der Waals surface area contributed by atoms with Crippen LogP contribution >= 0.6 is 0 Å². The smallest absolute Gasteiger partial charge is 0.323 e. The fraction of sp³-hybridized carbons (Fsp3) is 0.154. The molecule has 5 heteroatoms. The average molecular weight is 241 g/mol. The van der Waals surface area contributed by atoms with Gasteiger partial charge in [-0.15, -0.1) is 0 Å². The Balaban J connectivity index is 2.64. The molecule has 0 spiro atoms. The Morgan fingerprint density at radius 1 is 1.50 bits per heavy atom. The number of aromatic nitrogens is 1. The van der Waals surface area contributed by atoms with Crippen molar-refractivity contribution in [3.05, 3.63) is 36.0 Å². The van der Waals surface area contributed by atoms with Gasteiger partial charge in [0.2, 0.25) is 0 Å². The van der Waals surface area contributed by atoms with Gasteiger partial charge in [-0.05, 0) is 17.5 Å². The van der Waals surface area contributed by atoms with Crippen LogP contribution < -0.4 is 4.90 Å². The summed E-state index contributed by atoms with van der Waals surface area (Å²) in [6, 6.07) is 9.27. The summed E-state index contributed by atoms with van der Waals surface area (Å²) in [6.07, 6.45) is 1.61. The highest BCUT2D eigenvalue weighted by Crippen LogP contribution is 2.26. The molecule has 0 aliphatic heterocycles. The van der Waals surface area contributed by atoms with Crippen LogP contribution in [0.15, 0.2) is 30.5 Å². The topological polar surface area (TPSA) is 77.2 Å². The minimum Gasteiger partial charge on any atom is -0.480 e. The summed E-state index contributed by atoms with van der Waals surface area (Å²) < 4.78 is 0. The van der Waals surface area contributed by atoms with Crippen molar-refractivity contribution < 1.29 is 9.90 Å². The first-order valence-corrected chi connectivity index (χ1v) is 5.34. The van der Waals surface area contributed by atoms with E-state index in [1.807, 2.05) is 6.07 Å². The number of carboxylic acids is 1. The van der Waals surface area contributed by atoms with Gasteiger partial charge in [0, 0.05) is 18.6 Å². The van der Waals surface area contributed by atoms with Crippen molar-refractivity contribution in [3.8, 4) is 6.07 Å². The van der Waals surface area contributed by atoms with E-state index in [9.17, 15) is 4.79 Å². The molecule has 0 saturated heterocycles. The summed E-state index contributed by atoms with van der Waals surface area (Å²) >= 11 is 0. The van der Waals surface area contributed by atoms with Gasteiger partial charge in [0.15, 0.2) is 0 Å². The Morgan fingerprint density at radius 3 is 2.94 bits per heavy atom. The van der Waals surface area contributed by atoms with Gasteiger partial charge >= 0.3 is 5.97 Å². The van der Waals surface area contributed by atoms with Crippen molar-refractivity contribution in [2.24, 2.45) is 0 Å². The van der Waals surface area contributed by atoms with Crippen molar-refractivity contribution in [1.82, 2.24) is 4.98 Å². The Morgan fingerprint density at radius 2 is 2.28 bits per heavy atom. The Labute approximate surface area is 104 Å². The van der Waals surface area contributed by atoms with E-state index in [0.717, 1.165) is 5.39 Å². The minimum atomic E-state index is -0.939. The molecule has 5 nitrogen and oxygen atoms in total. The molecule has 0 unspecified atom stereocenters. The zero-order valence-corrected chi connectivity index (χ0v) is 9.79. The molecule has 1 N–H and O–H groups in total. The normalized spacial score (nSPS) is 10.0. The lowest BCUT2D eigenvalue weighted by molar-refractivity contribution is -0.135. The molecule has 0 aliphatic rings. The van der Waals surface area contributed by atoms with Gasteiger partial charge in [-0.1, -0.05) is 12.1 Å². The van der Waals surface area contributed by atoms with Gasteiger partial charge in [0.05, 0.1) is 11.6 Å². The zero-order chi connectivity index (χ0) is 13.1. The zero-order valence-electron chi connectivity index (χ0n) is 9.79. The number of anilines is 1. The molecule has 1 aromatic heterocycles. The molecular formula is C13H11N3O2. The second-order valence-corrected chi connectivity index (χ2v) is 3.90. The Bertz CT molecular complexity index is 641. The van der Waals surface area contributed by atoms with Crippen LogP contribution in [0.3, 0.4) is 0 Å². The van der Waals surface area contributed by atoms with Crippen LogP contribution in [0, 0.1) is 11.3 Å². The molecule has 90 valence electrons. The van der Waals surface area contributed by atoms with Crippen molar-refractivity contribution >= 4 is 22.6 Å². The number of carbonyl (C=O) groups is 1. The number of likely N-dealkylation sites (N-methyl/N-ethyl adjacent to an activating group) is 1. The van der Waals surface area contributed by atoms with E-state index < -0.39 is 5.97 Å². The molecule has 2 rings (SSSR count). The summed E-state index contributed by atoms with van der Waals surface area (Å²) in [7, 11) is 1.64. The number of hydrogen-bond acceptors (Lipinski definition) is 4. The number of aliphatic carboxylic acids is 1. The average Bonchev–Trinajstić information content (AvgIpc) is 2.36. The third-order valence-corrected chi connectivity index (χ3v) is 2.63. The summed E-state index contributed by atoms with van der Waals surface area (Å²) in [5.74, 6) is -0.433. The fourth-order valence-electron chi connectivity index (χ4n) is 1.87. The van der Waals surface area contributed by atoms with Crippen molar-refractivity contribution in [2.45, 2.75) is 0 Å². The SMILES string of the molecule is CN(CC(=O)O)c1nccc2cccc(C#N)c12. The predicted octanol–water partition coefficient (Wildman–Crippen LogP) is 1.63. The van der Waals surface area contributed by atoms with E-state index in [0.29, 0.717) is 16.8 Å². The number of benzene rings is 1. The van der Waals surface area contributed by atoms with Crippen LogP contribution in [0.4, 0.5) is 5.82 Å². The number of carboxylic acid groups (broad SMARTS) is 1. The fourth-order valence-corrected chi connectivity index (χ4v) is 1.87.